The van der Waals surface area contributed by atoms with Gasteiger partial charge in [0.15, 0.2) is 0 Å². The first-order valence-corrected chi connectivity index (χ1v) is 10.8. The van der Waals surface area contributed by atoms with Crippen molar-refractivity contribution in [2.24, 2.45) is 0 Å². The summed E-state index contributed by atoms with van der Waals surface area (Å²) < 4.78 is 45.6. The second-order valence-corrected chi connectivity index (χ2v) is 7.83. The van der Waals surface area contributed by atoms with Gasteiger partial charge in [0.05, 0.1) is 7.11 Å². The molecule has 1 saturated heterocycles. The third-order valence-corrected chi connectivity index (χ3v) is 5.62. The highest BCUT2D eigenvalue weighted by Crippen LogP contribution is 2.33. The second kappa shape index (κ2) is 9.41. The standard InChI is InChI=1S/C25H20F2N4O4/c1-33-17-11-19(26)21(20(27)12-17)18-13-28-23(32)22(18)29-25-31-30-24(35-25)14-7-9-16(10-8-14)34-15-5-3-2-4-6-15/h2-12,18,22H,13H2,1H3,(H,28,32)(H,29,31)/t18-,22-/m0/s1. The number of amides is 1. The van der Waals surface area contributed by atoms with Gasteiger partial charge in [-0.2, -0.15) is 0 Å². The third kappa shape index (κ3) is 4.63. The average molecular weight is 478 g/mol. The Bertz CT molecular complexity index is 1320. The zero-order chi connectivity index (χ0) is 24.4. The molecule has 0 radical (unpaired) electrons. The molecule has 0 spiro atoms. The Morgan fingerprint density at radius 2 is 1.66 bits per heavy atom. The van der Waals surface area contributed by atoms with Gasteiger partial charge in [-0.15, -0.1) is 5.10 Å². The Kier molecular flexibility index (Phi) is 6.01. The lowest BCUT2D eigenvalue weighted by molar-refractivity contribution is -0.119. The fourth-order valence-electron chi connectivity index (χ4n) is 3.91. The molecule has 1 aromatic heterocycles. The van der Waals surface area contributed by atoms with Gasteiger partial charge >= 0.3 is 6.01 Å². The van der Waals surface area contributed by atoms with E-state index >= 15 is 0 Å². The number of methoxy groups -OCH3 is 1. The van der Waals surface area contributed by atoms with Crippen LogP contribution in [0.5, 0.6) is 17.2 Å². The molecule has 3 aromatic carbocycles. The summed E-state index contributed by atoms with van der Waals surface area (Å²) >= 11 is 0. The van der Waals surface area contributed by atoms with E-state index in [2.05, 4.69) is 20.8 Å². The van der Waals surface area contributed by atoms with E-state index in [9.17, 15) is 13.6 Å². The van der Waals surface area contributed by atoms with Crippen molar-refractivity contribution < 1.29 is 27.5 Å². The molecular weight excluding hydrogens is 458 g/mol. The number of hydrogen-bond donors (Lipinski definition) is 2. The lowest BCUT2D eigenvalue weighted by Gasteiger charge is -2.19. The maximum Gasteiger partial charge on any atom is 0.316 e. The van der Waals surface area contributed by atoms with Crippen LogP contribution < -0.4 is 20.1 Å². The fourth-order valence-corrected chi connectivity index (χ4v) is 3.91. The molecule has 0 unspecified atom stereocenters. The van der Waals surface area contributed by atoms with Crippen molar-refractivity contribution in [2.75, 3.05) is 19.0 Å². The molecule has 0 bridgehead atoms. The van der Waals surface area contributed by atoms with Crippen LogP contribution in [0.1, 0.15) is 11.5 Å². The largest absolute Gasteiger partial charge is 0.497 e. The first-order valence-electron chi connectivity index (χ1n) is 10.8. The van der Waals surface area contributed by atoms with Crippen LogP contribution in [0.25, 0.3) is 11.5 Å². The number of rotatable bonds is 7. The zero-order valence-corrected chi connectivity index (χ0v) is 18.5. The molecule has 4 aromatic rings. The summed E-state index contributed by atoms with van der Waals surface area (Å²) in [5, 5.41) is 13.4. The van der Waals surface area contributed by atoms with Crippen molar-refractivity contribution >= 4 is 11.9 Å². The van der Waals surface area contributed by atoms with Gasteiger partial charge in [-0.25, -0.2) is 8.78 Å². The highest BCUT2D eigenvalue weighted by Gasteiger charge is 2.40. The van der Waals surface area contributed by atoms with Crippen LogP contribution in [0.4, 0.5) is 14.8 Å². The third-order valence-electron chi connectivity index (χ3n) is 5.62. The fraction of sp³-hybridized carbons (Fsp3) is 0.160. The van der Waals surface area contributed by atoms with Crippen molar-refractivity contribution in [3.63, 3.8) is 0 Å². The van der Waals surface area contributed by atoms with Crippen LogP contribution >= 0.6 is 0 Å². The Morgan fingerprint density at radius 3 is 2.34 bits per heavy atom. The Hall–Kier alpha value is -4.47. The number of anilines is 1. The topological polar surface area (TPSA) is 98.5 Å². The first-order chi connectivity index (χ1) is 17.0. The van der Waals surface area contributed by atoms with Gasteiger partial charge in [-0.1, -0.05) is 23.3 Å². The number of halogens is 2. The van der Waals surface area contributed by atoms with E-state index < -0.39 is 29.5 Å². The molecule has 5 rings (SSSR count). The number of hydrogen-bond acceptors (Lipinski definition) is 7. The Balaban J connectivity index is 1.32. The lowest BCUT2D eigenvalue weighted by atomic mass is 9.93. The highest BCUT2D eigenvalue weighted by atomic mass is 19.1. The van der Waals surface area contributed by atoms with Crippen molar-refractivity contribution in [2.45, 2.75) is 12.0 Å². The number of ether oxygens (including phenoxy) is 2. The van der Waals surface area contributed by atoms with Gasteiger partial charge < -0.3 is 24.5 Å². The highest BCUT2D eigenvalue weighted by molar-refractivity contribution is 5.88. The number of nitrogens with zero attached hydrogens (tertiary/aromatic N) is 2. The summed E-state index contributed by atoms with van der Waals surface area (Å²) in [7, 11) is 1.32. The number of carbonyl (C=O) groups excluding carboxylic acids is 1. The van der Waals surface area contributed by atoms with E-state index in [1.807, 2.05) is 30.3 Å². The summed E-state index contributed by atoms with van der Waals surface area (Å²) in [5.41, 5.74) is 0.404. The second-order valence-electron chi connectivity index (χ2n) is 7.83. The van der Waals surface area contributed by atoms with Gasteiger partial charge in [0, 0.05) is 35.7 Å². The van der Waals surface area contributed by atoms with E-state index in [-0.39, 0.29) is 29.8 Å². The van der Waals surface area contributed by atoms with E-state index in [1.165, 1.54) is 7.11 Å². The molecule has 1 aliphatic rings. The normalized spacial score (nSPS) is 17.2. The molecule has 2 N–H and O–H groups in total. The Morgan fingerprint density at radius 1 is 0.971 bits per heavy atom. The SMILES string of the molecule is COc1cc(F)c([C@@H]2CNC(=O)[C@H]2Nc2nnc(-c3ccc(Oc4ccccc4)cc3)o2)c(F)c1. The number of benzene rings is 3. The maximum absolute atomic E-state index is 14.6. The number of nitrogens with one attached hydrogen (secondary N) is 2. The predicted molar refractivity (Wildman–Crippen MR) is 122 cm³/mol. The summed E-state index contributed by atoms with van der Waals surface area (Å²) in [6.45, 7) is 0.0422. The van der Waals surface area contributed by atoms with Crippen LogP contribution in [0, 0.1) is 11.6 Å². The van der Waals surface area contributed by atoms with Gasteiger partial charge in [0.2, 0.25) is 11.8 Å². The van der Waals surface area contributed by atoms with E-state index in [0.717, 1.165) is 12.1 Å². The van der Waals surface area contributed by atoms with Crippen LogP contribution in [-0.4, -0.2) is 35.8 Å². The molecule has 0 saturated carbocycles. The van der Waals surface area contributed by atoms with Gasteiger partial charge in [-0.3, -0.25) is 4.79 Å². The molecule has 10 heteroatoms. The first kappa shape index (κ1) is 22.3. The van der Waals surface area contributed by atoms with Crippen LogP contribution in [0.3, 0.4) is 0 Å². The molecule has 8 nitrogen and oxygen atoms in total. The van der Waals surface area contributed by atoms with Gasteiger partial charge in [0.1, 0.15) is 34.9 Å². The molecule has 1 aliphatic heterocycles. The number of carbonyl (C=O) groups is 1. The van der Waals surface area contributed by atoms with E-state index in [0.29, 0.717) is 17.1 Å². The molecule has 1 amide bonds. The summed E-state index contributed by atoms with van der Waals surface area (Å²) in [6, 6.07) is 17.5. The average Bonchev–Trinajstić information content (AvgIpc) is 3.47. The van der Waals surface area contributed by atoms with Gasteiger partial charge in [-0.05, 0) is 36.4 Å². The molecule has 2 heterocycles. The Labute approximate surface area is 198 Å². The summed E-state index contributed by atoms with van der Waals surface area (Å²) in [4.78, 5) is 12.4. The summed E-state index contributed by atoms with van der Waals surface area (Å²) in [6.07, 6.45) is 0. The van der Waals surface area contributed by atoms with Crippen molar-refractivity contribution in [1.82, 2.24) is 15.5 Å². The van der Waals surface area contributed by atoms with Gasteiger partial charge in [0.25, 0.3) is 0 Å². The monoisotopic (exact) mass is 478 g/mol. The number of aromatic nitrogens is 2. The molecule has 35 heavy (non-hydrogen) atoms. The molecule has 1 fully saturated rings. The van der Waals surface area contributed by atoms with Crippen molar-refractivity contribution in [3.05, 3.63) is 83.9 Å². The zero-order valence-electron chi connectivity index (χ0n) is 18.5. The minimum absolute atomic E-state index is 0.0422. The van der Waals surface area contributed by atoms with Crippen LogP contribution in [0.15, 0.2) is 71.1 Å². The maximum atomic E-state index is 14.6. The molecule has 0 aliphatic carbocycles. The lowest BCUT2D eigenvalue weighted by Crippen LogP contribution is -2.33. The van der Waals surface area contributed by atoms with Crippen molar-refractivity contribution in [1.29, 1.82) is 0 Å². The predicted octanol–water partition coefficient (Wildman–Crippen LogP) is 4.51. The minimum atomic E-state index is -1.01. The van der Waals surface area contributed by atoms with Crippen LogP contribution in [-0.2, 0) is 4.79 Å². The minimum Gasteiger partial charge on any atom is -0.497 e. The number of para-hydroxylation sites is 1. The van der Waals surface area contributed by atoms with Crippen LogP contribution in [0.2, 0.25) is 0 Å². The molecule has 178 valence electrons. The smallest absolute Gasteiger partial charge is 0.316 e. The van der Waals surface area contributed by atoms with E-state index in [1.54, 1.807) is 24.3 Å². The summed E-state index contributed by atoms with van der Waals surface area (Å²) in [5.74, 6) is -1.29. The van der Waals surface area contributed by atoms with Crippen molar-refractivity contribution in [3.8, 4) is 28.7 Å². The van der Waals surface area contributed by atoms with E-state index in [4.69, 9.17) is 13.9 Å². The quantitative estimate of drug-likeness (QED) is 0.403. The molecular formula is C25H20F2N4O4. The molecule has 2 atom stereocenters.